The lowest BCUT2D eigenvalue weighted by molar-refractivity contribution is 0.232. The van der Waals surface area contributed by atoms with Crippen LogP contribution in [0.15, 0.2) is 42.6 Å². The van der Waals surface area contributed by atoms with E-state index in [1.807, 2.05) is 24.3 Å². The van der Waals surface area contributed by atoms with E-state index in [9.17, 15) is 9.50 Å². The highest BCUT2D eigenvalue weighted by atomic mass is 19.1. The van der Waals surface area contributed by atoms with E-state index in [-0.39, 0.29) is 12.2 Å². The number of hydrogen-bond donors (Lipinski definition) is 1. The number of fused-ring (bicyclic) bond motifs is 1. The Bertz CT molecular complexity index is 915. The van der Waals surface area contributed by atoms with Crippen LogP contribution in [0.25, 0.3) is 22.2 Å². The molecule has 0 bridgehead atoms. The molecule has 1 N–H and O–H groups in total. The molecule has 3 rings (SSSR count). The Morgan fingerprint density at radius 1 is 1.17 bits per heavy atom. The molecular formula is C19H15FN2O. The molecule has 0 aliphatic rings. The summed E-state index contributed by atoms with van der Waals surface area (Å²) in [5.41, 5.74) is 4.35. The number of aromatic nitrogens is 2. The number of aliphatic hydroxyl groups excluding tert-OH is 1. The number of nitrogens with zero attached hydrogens (tertiary/aromatic N) is 2. The molecule has 0 fully saturated rings. The quantitative estimate of drug-likeness (QED) is 0.755. The molecule has 1 aromatic heterocycles. The van der Waals surface area contributed by atoms with Gasteiger partial charge >= 0.3 is 0 Å². The average molecular weight is 306 g/mol. The highest BCUT2D eigenvalue weighted by Crippen LogP contribution is 2.24. The van der Waals surface area contributed by atoms with Crippen molar-refractivity contribution in [2.24, 2.45) is 0 Å². The summed E-state index contributed by atoms with van der Waals surface area (Å²) in [6.07, 6.45) is 6.16. The molecule has 1 atom stereocenters. The zero-order chi connectivity index (χ0) is 16.4. The molecule has 1 heterocycles. The number of hydrogen-bond acceptors (Lipinski definition) is 3. The minimum atomic E-state index is -0.864. The van der Waals surface area contributed by atoms with Crippen molar-refractivity contribution in [2.45, 2.75) is 19.4 Å². The molecule has 0 saturated heterocycles. The van der Waals surface area contributed by atoms with Gasteiger partial charge in [0.25, 0.3) is 0 Å². The van der Waals surface area contributed by atoms with Crippen LogP contribution in [-0.2, 0) is 6.42 Å². The van der Waals surface area contributed by atoms with Crippen LogP contribution in [0.2, 0.25) is 0 Å². The Morgan fingerprint density at radius 2 is 1.91 bits per heavy atom. The van der Waals surface area contributed by atoms with Crippen LogP contribution in [0, 0.1) is 25.1 Å². The van der Waals surface area contributed by atoms with Crippen LogP contribution in [0.4, 0.5) is 4.39 Å². The lowest BCUT2D eigenvalue weighted by Crippen LogP contribution is -2.08. The van der Waals surface area contributed by atoms with Gasteiger partial charge in [0.2, 0.25) is 0 Å². The van der Waals surface area contributed by atoms with Gasteiger partial charge in [-0.25, -0.2) is 9.37 Å². The summed E-state index contributed by atoms with van der Waals surface area (Å²) >= 11 is 0. The normalized spacial score (nSPS) is 12.1. The molecule has 114 valence electrons. The molecule has 3 nitrogen and oxygen atoms in total. The van der Waals surface area contributed by atoms with Gasteiger partial charge in [-0.1, -0.05) is 24.1 Å². The lowest BCUT2D eigenvalue weighted by atomic mass is 10.0. The van der Waals surface area contributed by atoms with Crippen molar-refractivity contribution >= 4 is 11.0 Å². The maximum Gasteiger partial charge on any atom is 0.126 e. The zero-order valence-corrected chi connectivity index (χ0v) is 12.6. The number of aliphatic hydroxyl groups is 1. The second-order valence-electron chi connectivity index (χ2n) is 5.42. The van der Waals surface area contributed by atoms with E-state index in [4.69, 9.17) is 6.42 Å². The summed E-state index contributed by atoms with van der Waals surface area (Å²) in [6.45, 7) is 1.73. The lowest BCUT2D eigenvalue weighted by Gasteiger charge is -2.07. The minimum Gasteiger partial charge on any atom is -0.380 e. The Labute approximate surface area is 133 Å². The summed E-state index contributed by atoms with van der Waals surface area (Å²) < 4.78 is 13.7. The molecule has 23 heavy (non-hydrogen) atoms. The van der Waals surface area contributed by atoms with Crippen molar-refractivity contribution in [1.82, 2.24) is 9.97 Å². The average Bonchev–Trinajstić information content (AvgIpc) is 2.56. The van der Waals surface area contributed by atoms with Gasteiger partial charge in [-0.05, 0) is 41.8 Å². The maximum atomic E-state index is 13.7. The number of halogens is 1. The Balaban J connectivity index is 1.98. The Morgan fingerprint density at radius 3 is 2.65 bits per heavy atom. The monoisotopic (exact) mass is 306 g/mol. The molecule has 2 aromatic carbocycles. The van der Waals surface area contributed by atoms with Crippen LogP contribution in [0.3, 0.4) is 0 Å². The summed E-state index contributed by atoms with van der Waals surface area (Å²) in [4.78, 5) is 8.80. The van der Waals surface area contributed by atoms with E-state index in [0.29, 0.717) is 22.3 Å². The van der Waals surface area contributed by atoms with E-state index in [1.54, 1.807) is 19.2 Å². The highest BCUT2D eigenvalue weighted by Gasteiger charge is 2.07. The van der Waals surface area contributed by atoms with E-state index in [2.05, 4.69) is 15.9 Å². The third-order valence-corrected chi connectivity index (χ3v) is 3.69. The van der Waals surface area contributed by atoms with Crippen LogP contribution in [-0.4, -0.2) is 21.2 Å². The highest BCUT2D eigenvalue weighted by molar-refractivity contribution is 5.81. The van der Waals surface area contributed by atoms with Gasteiger partial charge in [-0.15, -0.1) is 6.42 Å². The largest absolute Gasteiger partial charge is 0.380 e. The van der Waals surface area contributed by atoms with E-state index in [1.165, 1.54) is 6.07 Å². The van der Waals surface area contributed by atoms with E-state index in [0.717, 1.165) is 11.1 Å². The standard InChI is InChI=1S/C19H15FN2O/c1-3-16(23)10-15-11-21-19-9-14(6-7-18(19)22-15)13-5-4-12(2)17(20)8-13/h1,4-9,11,16,23H,10H2,2H3. The van der Waals surface area contributed by atoms with Gasteiger partial charge in [0.15, 0.2) is 0 Å². The second kappa shape index (κ2) is 6.15. The predicted molar refractivity (Wildman–Crippen MR) is 88.2 cm³/mol. The fourth-order valence-corrected chi connectivity index (χ4v) is 2.36. The van der Waals surface area contributed by atoms with E-state index >= 15 is 0 Å². The first-order valence-corrected chi connectivity index (χ1v) is 7.23. The van der Waals surface area contributed by atoms with Gasteiger partial charge in [-0.2, -0.15) is 0 Å². The molecule has 3 aromatic rings. The smallest absolute Gasteiger partial charge is 0.126 e. The first-order chi connectivity index (χ1) is 11.1. The molecular weight excluding hydrogens is 291 g/mol. The molecule has 0 spiro atoms. The third kappa shape index (κ3) is 3.20. The van der Waals surface area contributed by atoms with E-state index < -0.39 is 6.10 Å². The molecule has 0 aliphatic carbocycles. The molecule has 0 aliphatic heterocycles. The van der Waals surface area contributed by atoms with Crippen LogP contribution in [0.5, 0.6) is 0 Å². The first-order valence-electron chi connectivity index (χ1n) is 7.23. The Hall–Kier alpha value is -2.77. The minimum absolute atomic E-state index is 0.229. The van der Waals surface area contributed by atoms with Crippen molar-refractivity contribution in [3.8, 4) is 23.5 Å². The molecule has 0 amide bonds. The number of benzene rings is 2. The summed E-state index contributed by atoms with van der Waals surface area (Å²) in [5.74, 6) is 2.02. The number of rotatable bonds is 3. The fraction of sp³-hybridized carbons (Fsp3) is 0.158. The first kappa shape index (κ1) is 15.1. The summed E-state index contributed by atoms with van der Waals surface area (Å²) in [7, 11) is 0. The van der Waals surface area contributed by atoms with Gasteiger partial charge in [-0.3, -0.25) is 4.98 Å². The van der Waals surface area contributed by atoms with Crippen LogP contribution < -0.4 is 0 Å². The summed E-state index contributed by atoms with van der Waals surface area (Å²) in [5, 5.41) is 9.49. The van der Waals surface area contributed by atoms with Gasteiger partial charge < -0.3 is 5.11 Å². The Kier molecular flexibility index (Phi) is 4.05. The fourth-order valence-electron chi connectivity index (χ4n) is 2.36. The number of terminal acetylenes is 1. The van der Waals surface area contributed by atoms with Crippen LogP contribution >= 0.6 is 0 Å². The third-order valence-electron chi connectivity index (χ3n) is 3.69. The van der Waals surface area contributed by atoms with Crippen molar-refractivity contribution in [2.75, 3.05) is 0 Å². The van der Waals surface area contributed by atoms with Crippen molar-refractivity contribution in [1.29, 1.82) is 0 Å². The zero-order valence-electron chi connectivity index (χ0n) is 12.6. The van der Waals surface area contributed by atoms with Crippen LogP contribution in [0.1, 0.15) is 11.3 Å². The predicted octanol–water partition coefficient (Wildman–Crippen LogP) is 3.28. The molecule has 0 saturated carbocycles. The molecule has 0 radical (unpaired) electrons. The van der Waals surface area contributed by atoms with Gasteiger partial charge in [0.05, 0.1) is 16.7 Å². The maximum absolute atomic E-state index is 13.7. The second-order valence-corrected chi connectivity index (χ2v) is 5.42. The SMILES string of the molecule is C#CC(O)Cc1cnc2cc(-c3ccc(C)c(F)c3)ccc2n1. The molecule has 1 unspecified atom stereocenters. The van der Waals surface area contributed by atoms with Crippen molar-refractivity contribution in [3.05, 3.63) is 59.7 Å². The van der Waals surface area contributed by atoms with Gasteiger partial charge in [0.1, 0.15) is 11.9 Å². The summed E-state index contributed by atoms with van der Waals surface area (Å²) in [6, 6.07) is 10.7. The van der Waals surface area contributed by atoms with Crippen molar-refractivity contribution < 1.29 is 9.50 Å². The van der Waals surface area contributed by atoms with Gasteiger partial charge in [0, 0.05) is 12.6 Å². The van der Waals surface area contributed by atoms with Crippen molar-refractivity contribution in [3.63, 3.8) is 0 Å². The number of aryl methyl sites for hydroxylation is 1. The molecule has 4 heteroatoms. The topological polar surface area (TPSA) is 46.0 Å².